The first-order chi connectivity index (χ1) is 10.1. The van der Waals surface area contributed by atoms with Gasteiger partial charge in [-0.3, -0.25) is 4.79 Å². The Balaban J connectivity index is 2.07. The second-order valence-corrected chi connectivity index (χ2v) is 6.09. The summed E-state index contributed by atoms with van der Waals surface area (Å²) in [5.74, 6) is 0.919. The number of ether oxygens (including phenoxy) is 2. The maximum Gasteiger partial charge on any atom is 0.251 e. The molecule has 0 bridgehead atoms. The molecule has 3 atom stereocenters. The maximum atomic E-state index is 12.3. The first-order valence-electron chi connectivity index (χ1n) is 7.67. The van der Waals surface area contributed by atoms with Gasteiger partial charge in [-0.15, -0.1) is 0 Å². The molecule has 0 radical (unpaired) electrons. The van der Waals surface area contributed by atoms with Crippen LogP contribution in [-0.4, -0.2) is 37.1 Å². The van der Waals surface area contributed by atoms with E-state index >= 15 is 0 Å². The smallest absolute Gasteiger partial charge is 0.251 e. The van der Waals surface area contributed by atoms with Crippen LogP contribution in [0.25, 0.3) is 0 Å². The summed E-state index contributed by atoms with van der Waals surface area (Å²) in [5, 5.41) is 0. The van der Waals surface area contributed by atoms with E-state index in [2.05, 4.69) is 12.1 Å². The molecular formula is C17H23NO3. The summed E-state index contributed by atoms with van der Waals surface area (Å²) in [6, 6.07) is 8.20. The number of fused-ring (bicyclic) bond motifs is 1. The van der Waals surface area contributed by atoms with Crippen molar-refractivity contribution in [3.8, 4) is 5.75 Å². The Hall–Kier alpha value is -1.55. The average Bonchev–Trinajstić information content (AvgIpc) is 2.53. The number of hydrogen-bond acceptors (Lipinski definition) is 3. The second kappa shape index (κ2) is 5.34. The van der Waals surface area contributed by atoms with E-state index in [1.807, 2.05) is 31.0 Å². The van der Waals surface area contributed by atoms with Gasteiger partial charge in [0.1, 0.15) is 17.5 Å². The number of amides is 1. The molecule has 1 aromatic carbocycles. The predicted molar refractivity (Wildman–Crippen MR) is 80.2 cm³/mol. The van der Waals surface area contributed by atoms with Crippen LogP contribution < -0.4 is 4.74 Å². The number of rotatable bonds is 2. The van der Waals surface area contributed by atoms with Gasteiger partial charge in [-0.25, -0.2) is 0 Å². The first kappa shape index (κ1) is 14.4. The molecule has 3 unspecified atom stereocenters. The van der Waals surface area contributed by atoms with E-state index < -0.39 is 11.7 Å². The molecule has 2 aliphatic rings. The number of likely N-dealkylation sites (N-methyl/N-ethyl adjacent to an activating group) is 1. The summed E-state index contributed by atoms with van der Waals surface area (Å²) >= 11 is 0. The van der Waals surface area contributed by atoms with Gasteiger partial charge in [0, 0.05) is 7.05 Å². The number of benzene rings is 1. The lowest BCUT2D eigenvalue weighted by molar-refractivity contribution is -0.206. The molecule has 4 heteroatoms. The van der Waals surface area contributed by atoms with E-state index in [0.717, 1.165) is 37.0 Å². The van der Waals surface area contributed by atoms with Crippen molar-refractivity contribution in [2.24, 2.45) is 0 Å². The van der Waals surface area contributed by atoms with Crippen LogP contribution in [0.4, 0.5) is 0 Å². The third-order valence-corrected chi connectivity index (χ3v) is 4.92. The molecule has 1 saturated heterocycles. The molecule has 0 N–H and O–H groups in total. The molecule has 0 aromatic heterocycles. The van der Waals surface area contributed by atoms with E-state index in [0.29, 0.717) is 0 Å². The number of carbonyl (C=O) groups excluding carboxylic acids is 1. The van der Waals surface area contributed by atoms with Crippen molar-refractivity contribution in [2.45, 2.75) is 50.4 Å². The van der Waals surface area contributed by atoms with Crippen LogP contribution in [0.2, 0.25) is 0 Å². The highest BCUT2D eigenvalue weighted by molar-refractivity contribution is 5.81. The number of nitrogens with zero attached hydrogens (tertiary/aromatic N) is 1. The Bertz CT molecular complexity index is 545. The minimum Gasteiger partial charge on any atom is -0.497 e. The Kier molecular flexibility index (Phi) is 3.66. The van der Waals surface area contributed by atoms with Crippen LogP contribution in [0.3, 0.4) is 0 Å². The van der Waals surface area contributed by atoms with E-state index in [1.54, 1.807) is 7.11 Å². The molecule has 1 aliphatic carbocycles. The molecule has 2 fully saturated rings. The summed E-state index contributed by atoms with van der Waals surface area (Å²) in [7, 11) is 3.58. The van der Waals surface area contributed by atoms with Crippen molar-refractivity contribution in [2.75, 3.05) is 14.2 Å². The van der Waals surface area contributed by atoms with Gasteiger partial charge >= 0.3 is 0 Å². The molecule has 1 heterocycles. The van der Waals surface area contributed by atoms with Gasteiger partial charge in [0.15, 0.2) is 0 Å². The minimum absolute atomic E-state index is 0.0837. The third-order valence-electron chi connectivity index (χ3n) is 4.92. The Morgan fingerprint density at radius 2 is 2.19 bits per heavy atom. The Labute approximate surface area is 126 Å². The van der Waals surface area contributed by atoms with Crippen molar-refractivity contribution in [1.29, 1.82) is 0 Å². The zero-order valence-electron chi connectivity index (χ0n) is 13.0. The molecule has 21 heavy (non-hydrogen) atoms. The van der Waals surface area contributed by atoms with Gasteiger partial charge in [-0.05, 0) is 37.5 Å². The standard InChI is InChI=1S/C17H23NO3/c1-12-16(19)18(2)15-9-4-5-10-17(15,21-12)13-7-6-8-14(11-13)20-3/h6-8,11-12,15H,4-5,9-10H2,1-3H3. The van der Waals surface area contributed by atoms with Crippen LogP contribution >= 0.6 is 0 Å². The van der Waals surface area contributed by atoms with Crippen molar-refractivity contribution in [3.63, 3.8) is 0 Å². The van der Waals surface area contributed by atoms with E-state index in [-0.39, 0.29) is 11.9 Å². The van der Waals surface area contributed by atoms with Crippen LogP contribution in [0, 0.1) is 0 Å². The molecule has 1 aliphatic heterocycles. The van der Waals surface area contributed by atoms with E-state index in [1.165, 1.54) is 0 Å². The fourth-order valence-corrected chi connectivity index (χ4v) is 3.87. The second-order valence-electron chi connectivity index (χ2n) is 6.09. The van der Waals surface area contributed by atoms with Crippen molar-refractivity contribution in [1.82, 2.24) is 4.90 Å². The van der Waals surface area contributed by atoms with Crippen molar-refractivity contribution < 1.29 is 14.3 Å². The van der Waals surface area contributed by atoms with Gasteiger partial charge in [-0.1, -0.05) is 25.0 Å². The SMILES string of the molecule is COc1cccc(C23CCCCC2N(C)C(=O)C(C)O3)c1. The first-order valence-corrected chi connectivity index (χ1v) is 7.67. The molecule has 4 nitrogen and oxygen atoms in total. The van der Waals surface area contributed by atoms with Crippen LogP contribution in [0.5, 0.6) is 5.75 Å². The third kappa shape index (κ3) is 2.22. The topological polar surface area (TPSA) is 38.8 Å². The monoisotopic (exact) mass is 289 g/mol. The van der Waals surface area contributed by atoms with Crippen LogP contribution in [0.15, 0.2) is 24.3 Å². The zero-order valence-corrected chi connectivity index (χ0v) is 13.0. The summed E-state index contributed by atoms with van der Waals surface area (Å²) in [6.45, 7) is 1.85. The van der Waals surface area contributed by atoms with Gasteiger partial charge in [-0.2, -0.15) is 0 Å². The van der Waals surface area contributed by atoms with Crippen molar-refractivity contribution in [3.05, 3.63) is 29.8 Å². The summed E-state index contributed by atoms with van der Waals surface area (Å²) in [5.41, 5.74) is 0.729. The molecule has 0 spiro atoms. The number of carbonyl (C=O) groups is 1. The highest BCUT2D eigenvalue weighted by Gasteiger charge is 2.52. The van der Waals surface area contributed by atoms with Gasteiger partial charge in [0.25, 0.3) is 5.91 Å². The number of methoxy groups -OCH3 is 1. The Morgan fingerprint density at radius 1 is 1.38 bits per heavy atom. The summed E-state index contributed by atoms with van der Waals surface area (Å²) < 4.78 is 11.7. The fraction of sp³-hybridized carbons (Fsp3) is 0.588. The quantitative estimate of drug-likeness (QED) is 0.840. The highest BCUT2D eigenvalue weighted by atomic mass is 16.5. The number of morpholine rings is 1. The molecule has 3 rings (SSSR count). The lowest BCUT2D eigenvalue weighted by atomic mass is 9.73. The zero-order chi connectivity index (χ0) is 15.0. The fourth-order valence-electron chi connectivity index (χ4n) is 3.87. The molecule has 1 saturated carbocycles. The molecule has 1 aromatic rings. The van der Waals surface area contributed by atoms with E-state index in [4.69, 9.17) is 9.47 Å². The number of hydrogen-bond donors (Lipinski definition) is 0. The largest absolute Gasteiger partial charge is 0.497 e. The molecule has 1 amide bonds. The maximum absolute atomic E-state index is 12.3. The average molecular weight is 289 g/mol. The minimum atomic E-state index is -0.394. The summed E-state index contributed by atoms with van der Waals surface area (Å²) in [4.78, 5) is 14.1. The molecular weight excluding hydrogens is 266 g/mol. The van der Waals surface area contributed by atoms with Gasteiger partial charge in [0.05, 0.1) is 13.2 Å². The van der Waals surface area contributed by atoms with Crippen LogP contribution in [0.1, 0.15) is 38.2 Å². The molecule has 114 valence electrons. The van der Waals surface area contributed by atoms with Crippen molar-refractivity contribution >= 4 is 5.91 Å². The highest BCUT2D eigenvalue weighted by Crippen LogP contribution is 2.46. The lowest BCUT2D eigenvalue weighted by Gasteiger charge is -2.53. The lowest BCUT2D eigenvalue weighted by Crippen LogP contribution is -2.62. The van der Waals surface area contributed by atoms with Gasteiger partial charge in [0.2, 0.25) is 0 Å². The Morgan fingerprint density at radius 3 is 2.95 bits per heavy atom. The predicted octanol–water partition coefficient (Wildman–Crippen LogP) is 2.71. The normalized spacial score (nSPS) is 32.7. The van der Waals surface area contributed by atoms with Crippen LogP contribution in [-0.2, 0) is 15.1 Å². The van der Waals surface area contributed by atoms with Gasteiger partial charge < -0.3 is 14.4 Å². The summed E-state index contributed by atoms with van der Waals surface area (Å²) in [6.07, 6.45) is 3.82. The van der Waals surface area contributed by atoms with E-state index in [9.17, 15) is 4.79 Å².